The number of nitrogens with one attached hydrogen (secondary N) is 1. The molecule has 196 valence electrons. The van der Waals surface area contributed by atoms with E-state index in [4.69, 9.17) is 0 Å². The Morgan fingerprint density at radius 3 is 2.24 bits per heavy atom. The number of aromatic nitrogens is 2. The van der Waals surface area contributed by atoms with Gasteiger partial charge >= 0.3 is 6.36 Å². The van der Waals surface area contributed by atoms with E-state index in [1.54, 1.807) is 25.3 Å². The first kappa shape index (κ1) is 26.4. The molecular formula is C24H24F3N5O4S. The average molecular weight is 536 g/mol. The van der Waals surface area contributed by atoms with Gasteiger partial charge in [0.2, 0.25) is 10.0 Å². The van der Waals surface area contributed by atoms with Crippen LogP contribution in [0.4, 0.5) is 24.7 Å². The topological polar surface area (TPSA) is 105 Å². The van der Waals surface area contributed by atoms with Gasteiger partial charge in [-0.1, -0.05) is 12.1 Å². The standard InChI is InChI=1S/C24H24F3N5O4S/c1-16-20(17-3-6-19(7-4-17)36-24(25,26)27)14-28-15-21(16)30-23(33)18-5-8-22(29-13-18)31-9-11-32(12-10-31)37(2,34)35/h3-8,13-15H,9-12H2,1-2H3,(H,30,33). The fourth-order valence-corrected chi connectivity index (χ4v) is 4.76. The van der Waals surface area contributed by atoms with E-state index in [0.29, 0.717) is 59.9 Å². The zero-order chi connectivity index (χ0) is 26.8. The molecule has 0 bridgehead atoms. The van der Waals surface area contributed by atoms with Crippen LogP contribution in [-0.2, 0) is 10.0 Å². The summed E-state index contributed by atoms with van der Waals surface area (Å²) in [4.78, 5) is 23.3. The number of amides is 1. The van der Waals surface area contributed by atoms with Crippen molar-refractivity contribution >= 4 is 27.4 Å². The molecule has 3 heterocycles. The zero-order valence-electron chi connectivity index (χ0n) is 20.0. The molecule has 1 aliphatic rings. The van der Waals surface area contributed by atoms with Gasteiger partial charge in [0.1, 0.15) is 11.6 Å². The van der Waals surface area contributed by atoms with Crippen molar-refractivity contribution < 1.29 is 31.1 Å². The lowest BCUT2D eigenvalue weighted by Crippen LogP contribution is -2.48. The number of anilines is 2. The Hall–Kier alpha value is -3.71. The molecule has 13 heteroatoms. The molecule has 1 fully saturated rings. The number of hydrogen-bond donors (Lipinski definition) is 1. The summed E-state index contributed by atoms with van der Waals surface area (Å²) in [5.74, 6) is -0.0982. The lowest BCUT2D eigenvalue weighted by Gasteiger charge is -2.33. The van der Waals surface area contributed by atoms with E-state index in [2.05, 4.69) is 20.0 Å². The zero-order valence-corrected chi connectivity index (χ0v) is 20.8. The SMILES string of the molecule is Cc1c(NC(=O)c2ccc(N3CCN(S(C)(=O)=O)CC3)nc2)cncc1-c1ccc(OC(F)(F)F)cc1. The summed E-state index contributed by atoms with van der Waals surface area (Å²) in [6, 6.07) is 8.72. The fourth-order valence-electron chi connectivity index (χ4n) is 3.93. The van der Waals surface area contributed by atoms with Crippen LogP contribution < -0.4 is 15.0 Å². The van der Waals surface area contributed by atoms with Crippen LogP contribution in [-0.4, -0.2) is 67.4 Å². The molecular weight excluding hydrogens is 511 g/mol. The van der Waals surface area contributed by atoms with Crippen LogP contribution in [0, 0.1) is 6.92 Å². The van der Waals surface area contributed by atoms with Crippen molar-refractivity contribution in [1.29, 1.82) is 0 Å². The highest BCUT2D eigenvalue weighted by Gasteiger charge is 2.31. The summed E-state index contributed by atoms with van der Waals surface area (Å²) in [5, 5.41) is 2.80. The van der Waals surface area contributed by atoms with E-state index >= 15 is 0 Å². The molecule has 0 saturated carbocycles. The molecule has 0 spiro atoms. The summed E-state index contributed by atoms with van der Waals surface area (Å²) < 4.78 is 65.9. The van der Waals surface area contributed by atoms with E-state index < -0.39 is 22.3 Å². The van der Waals surface area contributed by atoms with Crippen LogP contribution in [0.5, 0.6) is 5.75 Å². The van der Waals surface area contributed by atoms with E-state index in [1.165, 1.54) is 47.2 Å². The summed E-state index contributed by atoms with van der Waals surface area (Å²) in [6.45, 7) is 3.48. The molecule has 0 radical (unpaired) electrons. The van der Waals surface area contributed by atoms with E-state index in [-0.39, 0.29) is 5.75 Å². The number of pyridine rings is 2. The van der Waals surface area contributed by atoms with E-state index in [9.17, 15) is 26.4 Å². The van der Waals surface area contributed by atoms with Crippen LogP contribution in [0.15, 0.2) is 55.0 Å². The third-order valence-electron chi connectivity index (χ3n) is 5.90. The second-order valence-electron chi connectivity index (χ2n) is 8.44. The van der Waals surface area contributed by atoms with Crippen LogP contribution in [0.1, 0.15) is 15.9 Å². The molecule has 2 aromatic heterocycles. The maximum Gasteiger partial charge on any atom is 0.573 e. The summed E-state index contributed by atoms with van der Waals surface area (Å²) >= 11 is 0. The molecule has 1 aromatic carbocycles. The monoisotopic (exact) mass is 535 g/mol. The number of alkyl halides is 3. The number of ether oxygens (including phenoxy) is 1. The molecule has 1 amide bonds. The third kappa shape index (κ3) is 6.54. The Kier molecular flexibility index (Phi) is 7.37. The third-order valence-corrected chi connectivity index (χ3v) is 7.21. The average Bonchev–Trinajstić information content (AvgIpc) is 2.85. The first-order valence-electron chi connectivity index (χ1n) is 11.2. The Bertz CT molecular complexity index is 1370. The number of nitrogens with zero attached hydrogens (tertiary/aromatic N) is 4. The molecule has 4 rings (SSSR count). The molecule has 0 atom stereocenters. The van der Waals surface area contributed by atoms with Gasteiger partial charge in [0.15, 0.2) is 0 Å². The number of carbonyl (C=O) groups excluding carboxylic acids is 1. The predicted octanol–water partition coefficient (Wildman–Crippen LogP) is 3.68. The summed E-state index contributed by atoms with van der Waals surface area (Å²) in [6.07, 6.45) is 0.902. The minimum absolute atomic E-state index is 0.317. The normalized spacial score (nSPS) is 14.9. The van der Waals surface area contributed by atoms with Crippen molar-refractivity contribution in [2.45, 2.75) is 13.3 Å². The van der Waals surface area contributed by atoms with Gasteiger partial charge in [-0.05, 0) is 42.3 Å². The largest absolute Gasteiger partial charge is 0.573 e. The van der Waals surface area contributed by atoms with E-state index in [1.807, 2.05) is 4.90 Å². The number of hydrogen-bond acceptors (Lipinski definition) is 7. The van der Waals surface area contributed by atoms with Crippen molar-refractivity contribution in [1.82, 2.24) is 14.3 Å². The van der Waals surface area contributed by atoms with Crippen molar-refractivity contribution in [2.24, 2.45) is 0 Å². The molecule has 0 aliphatic carbocycles. The maximum absolute atomic E-state index is 12.8. The number of benzene rings is 1. The minimum Gasteiger partial charge on any atom is -0.406 e. The lowest BCUT2D eigenvalue weighted by molar-refractivity contribution is -0.274. The van der Waals surface area contributed by atoms with Crippen molar-refractivity contribution in [3.63, 3.8) is 0 Å². The number of carbonyl (C=O) groups is 1. The summed E-state index contributed by atoms with van der Waals surface area (Å²) in [7, 11) is -3.23. The molecule has 3 aromatic rings. The molecule has 37 heavy (non-hydrogen) atoms. The Labute approximate surface area is 212 Å². The quantitative estimate of drug-likeness (QED) is 0.514. The number of sulfonamides is 1. The Morgan fingerprint density at radius 1 is 1.00 bits per heavy atom. The summed E-state index contributed by atoms with van der Waals surface area (Å²) in [5.41, 5.74) is 2.69. The highest BCUT2D eigenvalue weighted by molar-refractivity contribution is 7.88. The van der Waals surface area contributed by atoms with Gasteiger partial charge < -0.3 is 15.0 Å². The second kappa shape index (κ2) is 10.3. The Morgan fingerprint density at radius 2 is 1.68 bits per heavy atom. The van der Waals surface area contributed by atoms with Gasteiger partial charge in [0.25, 0.3) is 5.91 Å². The van der Waals surface area contributed by atoms with Gasteiger partial charge in [0.05, 0.1) is 23.7 Å². The highest BCUT2D eigenvalue weighted by Crippen LogP contribution is 2.30. The van der Waals surface area contributed by atoms with Crippen molar-refractivity contribution in [3.8, 4) is 16.9 Å². The predicted molar refractivity (Wildman–Crippen MR) is 132 cm³/mol. The molecule has 1 saturated heterocycles. The first-order valence-corrected chi connectivity index (χ1v) is 13.0. The van der Waals surface area contributed by atoms with Gasteiger partial charge in [-0.3, -0.25) is 9.78 Å². The van der Waals surface area contributed by atoms with Crippen molar-refractivity contribution in [2.75, 3.05) is 42.7 Å². The number of piperazine rings is 1. The highest BCUT2D eigenvalue weighted by atomic mass is 32.2. The van der Waals surface area contributed by atoms with Crippen LogP contribution in [0.2, 0.25) is 0 Å². The van der Waals surface area contributed by atoms with Crippen molar-refractivity contribution in [3.05, 3.63) is 66.1 Å². The van der Waals surface area contributed by atoms with Crippen LogP contribution in [0.3, 0.4) is 0 Å². The van der Waals surface area contributed by atoms with Gasteiger partial charge in [-0.15, -0.1) is 13.2 Å². The number of halogens is 3. The molecule has 1 N–H and O–H groups in total. The number of rotatable bonds is 6. The van der Waals surface area contributed by atoms with Gasteiger partial charge in [-0.25, -0.2) is 13.4 Å². The maximum atomic E-state index is 12.8. The molecule has 0 unspecified atom stereocenters. The second-order valence-corrected chi connectivity index (χ2v) is 10.4. The molecule has 1 aliphatic heterocycles. The van der Waals surface area contributed by atoms with E-state index in [0.717, 1.165) is 0 Å². The minimum atomic E-state index is -4.77. The van der Waals surface area contributed by atoms with Gasteiger partial charge in [-0.2, -0.15) is 4.31 Å². The molecule has 9 nitrogen and oxygen atoms in total. The first-order chi connectivity index (χ1) is 17.4. The van der Waals surface area contributed by atoms with Crippen LogP contribution >= 0.6 is 0 Å². The Balaban J connectivity index is 1.43. The fraction of sp³-hybridized carbons (Fsp3) is 0.292. The van der Waals surface area contributed by atoms with Crippen LogP contribution in [0.25, 0.3) is 11.1 Å². The smallest absolute Gasteiger partial charge is 0.406 e. The van der Waals surface area contributed by atoms with Gasteiger partial charge in [0, 0.05) is 44.1 Å². The lowest BCUT2D eigenvalue weighted by atomic mass is 10.0.